The molecule has 3 aromatic rings. The summed E-state index contributed by atoms with van der Waals surface area (Å²) in [7, 11) is 0. The van der Waals surface area contributed by atoms with Gasteiger partial charge in [0.05, 0.1) is 24.4 Å². The predicted octanol–water partition coefficient (Wildman–Crippen LogP) is 4.03. The summed E-state index contributed by atoms with van der Waals surface area (Å²) < 4.78 is 42.4. The van der Waals surface area contributed by atoms with E-state index in [1.807, 2.05) is 24.4 Å². The highest BCUT2D eigenvalue weighted by Crippen LogP contribution is 2.27. The van der Waals surface area contributed by atoms with Crippen molar-refractivity contribution in [3.05, 3.63) is 52.8 Å². The highest BCUT2D eigenvalue weighted by atomic mass is 32.1. The van der Waals surface area contributed by atoms with Gasteiger partial charge in [0.15, 0.2) is 0 Å². The number of nitrogens with two attached hydrogens (primary N) is 1. The molecule has 1 fully saturated rings. The minimum atomic E-state index is -4.42. The molecule has 0 radical (unpaired) electrons. The van der Waals surface area contributed by atoms with Crippen LogP contribution in [0.5, 0.6) is 5.88 Å². The number of hydrogen-bond donors (Lipinski definition) is 2. The molecule has 9 nitrogen and oxygen atoms in total. The maximum atomic E-state index is 12.7. The van der Waals surface area contributed by atoms with Crippen molar-refractivity contribution in [3.8, 4) is 22.7 Å². The zero-order chi connectivity index (χ0) is 27.1. The van der Waals surface area contributed by atoms with Gasteiger partial charge in [-0.05, 0) is 50.0 Å². The van der Waals surface area contributed by atoms with Crippen molar-refractivity contribution in [1.82, 2.24) is 25.2 Å². The average Bonchev–Trinajstić information content (AvgIpc) is 3.36. The number of pyridine rings is 2. The Bertz CT molecular complexity index is 1290. The van der Waals surface area contributed by atoms with Gasteiger partial charge in [-0.15, -0.1) is 11.3 Å². The van der Waals surface area contributed by atoms with Crippen LogP contribution in [0.25, 0.3) is 10.7 Å². The van der Waals surface area contributed by atoms with E-state index >= 15 is 0 Å². The number of rotatable bonds is 9. The topological polar surface area (TPSA) is 130 Å². The first-order chi connectivity index (χ1) is 18.2. The molecule has 1 aliphatic heterocycles. The Hall–Kier alpha value is -3.76. The van der Waals surface area contributed by atoms with Gasteiger partial charge in [-0.1, -0.05) is 6.07 Å². The zero-order valence-corrected chi connectivity index (χ0v) is 21.2. The molecule has 0 aromatic carbocycles. The second-order valence-electron chi connectivity index (χ2n) is 8.88. The summed E-state index contributed by atoms with van der Waals surface area (Å²) in [6.45, 7) is 2.23. The average molecular weight is 546 g/mol. The van der Waals surface area contributed by atoms with Crippen LogP contribution >= 0.6 is 11.3 Å². The summed E-state index contributed by atoms with van der Waals surface area (Å²) in [5.41, 5.74) is 6.27. The number of thiazole rings is 1. The van der Waals surface area contributed by atoms with Crippen molar-refractivity contribution < 1.29 is 22.7 Å². The van der Waals surface area contributed by atoms with E-state index in [1.54, 1.807) is 23.6 Å². The van der Waals surface area contributed by atoms with Crippen molar-refractivity contribution >= 4 is 22.9 Å². The number of hydrogen-bond acceptors (Lipinski definition) is 9. The lowest BCUT2D eigenvalue weighted by molar-refractivity contribution is -0.139. The summed E-state index contributed by atoms with van der Waals surface area (Å²) in [5.74, 6) is -0.653. The molecule has 200 valence electrons. The standard InChI is InChI=1S/C25H26F3N7O2S/c26-25(27,28)6-10-37-23-18(12-29)19(30)11-21(34-23)22(36)32-13-16-4-8-35(9-5-16)15-17-14-33-24(38-17)20-3-1-2-7-31-20/h1-3,7,11,14,16H,4-6,8-10,13,15H2,(H2,30,34)(H,32,36). The van der Waals surface area contributed by atoms with Crippen LogP contribution in [0.4, 0.5) is 18.9 Å². The molecule has 0 atom stereocenters. The fourth-order valence-electron chi connectivity index (χ4n) is 4.02. The summed E-state index contributed by atoms with van der Waals surface area (Å²) in [5, 5.41) is 13.0. The van der Waals surface area contributed by atoms with Crippen molar-refractivity contribution in [2.45, 2.75) is 32.0 Å². The molecule has 0 bridgehead atoms. The fraction of sp³-hybridized carbons (Fsp3) is 0.400. The van der Waals surface area contributed by atoms with Crippen LogP contribution in [0.3, 0.4) is 0 Å². The third-order valence-electron chi connectivity index (χ3n) is 6.06. The van der Waals surface area contributed by atoms with E-state index in [9.17, 15) is 23.2 Å². The Morgan fingerprint density at radius 3 is 2.76 bits per heavy atom. The van der Waals surface area contributed by atoms with Gasteiger partial charge in [0.1, 0.15) is 22.3 Å². The van der Waals surface area contributed by atoms with Crippen LogP contribution < -0.4 is 15.8 Å². The largest absolute Gasteiger partial charge is 0.476 e. The van der Waals surface area contributed by atoms with E-state index in [2.05, 4.69) is 25.2 Å². The number of alkyl halides is 3. The van der Waals surface area contributed by atoms with Crippen molar-refractivity contribution in [3.63, 3.8) is 0 Å². The maximum absolute atomic E-state index is 12.7. The summed E-state index contributed by atoms with van der Waals surface area (Å²) in [4.78, 5) is 29.0. The second-order valence-corrected chi connectivity index (χ2v) is 9.99. The van der Waals surface area contributed by atoms with E-state index in [0.717, 1.165) is 48.1 Å². The number of amides is 1. The molecule has 1 saturated heterocycles. The van der Waals surface area contributed by atoms with Crippen LogP contribution in [0, 0.1) is 17.2 Å². The monoisotopic (exact) mass is 545 g/mol. The molecule has 1 amide bonds. The van der Waals surface area contributed by atoms with Gasteiger partial charge < -0.3 is 15.8 Å². The van der Waals surface area contributed by atoms with Gasteiger partial charge in [-0.2, -0.15) is 18.4 Å². The van der Waals surface area contributed by atoms with E-state index < -0.39 is 25.1 Å². The fourth-order valence-corrected chi connectivity index (χ4v) is 4.95. The number of piperidine rings is 1. The summed E-state index contributed by atoms with van der Waals surface area (Å²) in [6.07, 6.45) is -0.229. The normalized spacial score (nSPS) is 14.7. The lowest BCUT2D eigenvalue weighted by atomic mass is 9.96. The number of halogens is 3. The molecule has 13 heteroatoms. The number of nitrogens with zero attached hydrogens (tertiary/aromatic N) is 5. The quantitative estimate of drug-likeness (QED) is 0.412. The summed E-state index contributed by atoms with van der Waals surface area (Å²) >= 11 is 1.63. The second kappa shape index (κ2) is 12.2. The third-order valence-corrected chi connectivity index (χ3v) is 7.07. The number of nitrogen functional groups attached to an aromatic ring is 1. The Morgan fingerprint density at radius 2 is 2.08 bits per heavy atom. The van der Waals surface area contributed by atoms with Gasteiger partial charge in [0.25, 0.3) is 5.91 Å². The van der Waals surface area contributed by atoms with Gasteiger partial charge in [0.2, 0.25) is 5.88 Å². The maximum Gasteiger partial charge on any atom is 0.392 e. The van der Waals surface area contributed by atoms with E-state index in [1.165, 1.54) is 6.07 Å². The number of nitriles is 1. The highest BCUT2D eigenvalue weighted by Gasteiger charge is 2.28. The van der Waals surface area contributed by atoms with E-state index in [0.29, 0.717) is 6.54 Å². The number of ether oxygens (including phenoxy) is 1. The van der Waals surface area contributed by atoms with Crippen LogP contribution in [0.2, 0.25) is 0 Å². The van der Waals surface area contributed by atoms with Gasteiger partial charge in [-0.3, -0.25) is 14.7 Å². The van der Waals surface area contributed by atoms with Gasteiger partial charge in [0, 0.05) is 30.4 Å². The van der Waals surface area contributed by atoms with Crippen molar-refractivity contribution in [2.75, 3.05) is 32.0 Å². The summed E-state index contributed by atoms with van der Waals surface area (Å²) in [6, 6.07) is 8.72. The van der Waals surface area contributed by atoms with Crippen LogP contribution in [-0.4, -0.2) is 58.2 Å². The Balaban J connectivity index is 1.26. The lowest BCUT2D eigenvalue weighted by Gasteiger charge is -2.31. The molecule has 0 spiro atoms. The van der Waals surface area contributed by atoms with E-state index in [-0.39, 0.29) is 28.7 Å². The number of aromatic nitrogens is 3. The highest BCUT2D eigenvalue weighted by molar-refractivity contribution is 7.14. The Morgan fingerprint density at radius 1 is 1.29 bits per heavy atom. The molecule has 3 N–H and O–H groups in total. The van der Waals surface area contributed by atoms with Crippen LogP contribution in [-0.2, 0) is 6.54 Å². The first-order valence-corrected chi connectivity index (χ1v) is 12.8. The van der Waals surface area contributed by atoms with Crippen LogP contribution in [0.1, 0.15) is 40.2 Å². The number of likely N-dealkylation sites (tertiary alicyclic amines) is 1. The Kier molecular flexibility index (Phi) is 8.75. The van der Waals surface area contributed by atoms with Gasteiger partial charge >= 0.3 is 6.18 Å². The molecule has 38 heavy (non-hydrogen) atoms. The van der Waals surface area contributed by atoms with Crippen molar-refractivity contribution in [2.24, 2.45) is 5.92 Å². The molecular formula is C25H26F3N7O2S. The Labute approximate surface area is 221 Å². The smallest absolute Gasteiger partial charge is 0.392 e. The molecule has 0 saturated carbocycles. The van der Waals surface area contributed by atoms with E-state index in [4.69, 9.17) is 10.5 Å². The molecular weight excluding hydrogens is 519 g/mol. The first-order valence-electron chi connectivity index (χ1n) is 12.0. The SMILES string of the molecule is N#Cc1c(N)cc(C(=O)NCC2CCN(Cc3cnc(-c4ccccn4)s3)CC2)nc1OCCC(F)(F)F. The molecule has 4 heterocycles. The zero-order valence-electron chi connectivity index (χ0n) is 20.4. The first kappa shape index (κ1) is 27.3. The number of carbonyl (C=O) groups excluding carboxylic acids is 1. The van der Waals surface area contributed by atoms with Crippen LogP contribution in [0.15, 0.2) is 36.7 Å². The molecule has 4 rings (SSSR count). The number of carbonyl (C=O) groups is 1. The number of anilines is 1. The van der Waals surface area contributed by atoms with Crippen molar-refractivity contribution in [1.29, 1.82) is 5.26 Å². The molecule has 1 aliphatic rings. The van der Waals surface area contributed by atoms with Gasteiger partial charge in [-0.25, -0.2) is 9.97 Å². The lowest BCUT2D eigenvalue weighted by Crippen LogP contribution is -2.38. The minimum Gasteiger partial charge on any atom is -0.476 e. The predicted molar refractivity (Wildman–Crippen MR) is 135 cm³/mol. The molecule has 3 aromatic heterocycles. The third kappa shape index (κ3) is 7.39. The minimum absolute atomic E-state index is 0.0859. The molecule has 0 aliphatic carbocycles. The molecule has 0 unspecified atom stereocenters. The number of nitrogens with one attached hydrogen (secondary N) is 1.